The van der Waals surface area contributed by atoms with Crippen LogP contribution < -0.4 is 0 Å². The molecule has 1 heterocycles. The van der Waals surface area contributed by atoms with Gasteiger partial charge in [0, 0.05) is 16.7 Å². The number of rotatable bonds is 4. The molecular weight excluding hydrogens is 703 g/mol. The van der Waals surface area contributed by atoms with Crippen LogP contribution in [0, 0.1) is 11.8 Å². The number of benzene rings is 7. The first-order valence-electron chi connectivity index (χ1n) is 21.2. The molecule has 0 saturated heterocycles. The van der Waals surface area contributed by atoms with E-state index in [1.54, 1.807) is 11.1 Å². The molecule has 3 heteroatoms. The number of aromatic nitrogens is 3. The van der Waals surface area contributed by atoms with E-state index in [1.807, 2.05) is 36.4 Å². The minimum Gasteiger partial charge on any atom is -0.208 e. The number of nitrogens with zero attached hydrogens (tertiary/aromatic N) is 3. The van der Waals surface area contributed by atoms with Gasteiger partial charge in [0.15, 0.2) is 17.5 Å². The molecule has 3 nitrogen and oxygen atoms in total. The van der Waals surface area contributed by atoms with E-state index in [9.17, 15) is 0 Å². The van der Waals surface area contributed by atoms with Crippen molar-refractivity contribution in [2.45, 2.75) is 49.4 Å². The van der Waals surface area contributed by atoms with Crippen LogP contribution in [0.5, 0.6) is 0 Å². The van der Waals surface area contributed by atoms with E-state index < -0.39 is 0 Å². The topological polar surface area (TPSA) is 38.7 Å². The first-order chi connectivity index (χ1) is 28.7. The first kappa shape index (κ1) is 32.6. The van der Waals surface area contributed by atoms with Gasteiger partial charge in [-0.05, 0) is 129 Å². The highest BCUT2D eigenvalue weighted by Crippen LogP contribution is 2.65. The van der Waals surface area contributed by atoms with Crippen molar-refractivity contribution in [2.75, 3.05) is 0 Å². The van der Waals surface area contributed by atoms with Crippen molar-refractivity contribution in [3.63, 3.8) is 0 Å². The fourth-order valence-corrected chi connectivity index (χ4v) is 12.2. The molecule has 4 bridgehead atoms. The van der Waals surface area contributed by atoms with Crippen molar-refractivity contribution < 1.29 is 0 Å². The van der Waals surface area contributed by atoms with Crippen LogP contribution in [0.4, 0.5) is 0 Å². The molecule has 0 amide bonds. The van der Waals surface area contributed by atoms with E-state index >= 15 is 0 Å². The predicted octanol–water partition coefficient (Wildman–Crippen LogP) is 13.3. The third-order valence-corrected chi connectivity index (χ3v) is 14.5. The zero-order valence-electron chi connectivity index (χ0n) is 32.3. The zero-order valence-corrected chi connectivity index (χ0v) is 32.3. The lowest BCUT2D eigenvalue weighted by Crippen LogP contribution is -2.26. The van der Waals surface area contributed by atoms with E-state index in [-0.39, 0.29) is 5.41 Å². The van der Waals surface area contributed by atoms with Crippen molar-refractivity contribution in [2.24, 2.45) is 11.8 Å². The van der Waals surface area contributed by atoms with Gasteiger partial charge in [0.1, 0.15) is 0 Å². The SMILES string of the molecule is c1ccc(-c2nc(-c3ccccc3)nc(-c3ccc(-c4ccc5c(c4)C4(c6ccccc6-5)c5ccccc5-c5cc6c(cc54)C4CC5CC(CC6C5)C4)cc3)n2)cc1. The quantitative estimate of drug-likeness (QED) is 0.180. The Morgan fingerprint density at radius 3 is 1.34 bits per heavy atom. The average molecular weight is 744 g/mol. The minimum atomic E-state index is -0.362. The summed E-state index contributed by atoms with van der Waals surface area (Å²) in [5.74, 6) is 5.21. The summed E-state index contributed by atoms with van der Waals surface area (Å²) in [6, 6.07) is 60.4. The van der Waals surface area contributed by atoms with Crippen LogP contribution in [0.3, 0.4) is 0 Å². The highest BCUT2D eigenvalue weighted by molar-refractivity contribution is 5.96. The van der Waals surface area contributed by atoms with Gasteiger partial charge in [-0.2, -0.15) is 0 Å². The first-order valence-corrected chi connectivity index (χ1v) is 21.2. The van der Waals surface area contributed by atoms with E-state index in [1.165, 1.54) is 87.7 Å². The molecule has 6 aliphatic carbocycles. The van der Waals surface area contributed by atoms with Gasteiger partial charge in [0.25, 0.3) is 0 Å². The maximum Gasteiger partial charge on any atom is 0.164 e. The van der Waals surface area contributed by atoms with E-state index in [4.69, 9.17) is 15.0 Å². The smallest absolute Gasteiger partial charge is 0.164 e. The Morgan fingerprint density at radius 1 is 0.328 bits per heavy atom. The largest absolute Gasteiger partial charge is 0.208 e. The molecule has 2 saturated carbocycles. The molecule has 1 aromatic heterocycles. The summed E-state index contributed by atoms with van der Waals surface area (Å²) in [5, 5.41) is 0. The van der Waals surface area contributed by atoms with Crippen molar-refractivity contribution in [1.82, 2.24) is 15.0 Å². The summed E-state index contributed by atoms with van der Waals surface area (Å²) < 4.78 is 0. The van der Waals surface area contributed by atoms with Gasteiger partial charge >= 0.3 is 0 Å². The van der Waals surface area contributed by atoms with E-state index in [0.717, 1.165) is 28.5 Å². The van der Waals surface area contributed by atoms with Crippen LogP contribution in [0.15, 0.2) is 164 Å². The van der Waals surface area contributed by atoms with Crippen molar-refractivity contribution in [3.05, 3.63) is 197 Å². The van der Waals surface area contributed by atoms with Crippen molar-refractivity contribution >= 4 is 0 Å². The fourth-order valence-electron chi connectivity index (χ4n) is 12.2. The average Bonchev–Trinajstić information content (AvgIpc) is 3.68. The number of fused-ring (bicyclic) bond motifs is 10. The maximum atomic E-state index is 5.00. The highest BCUT2D eigenvalue weighted by atomic mass is 15.0. The summed E-state index contributed by atoms with van der Waals surface area (Å²) in [4.78, 5) is 14.9. The second-order valence-corrected chi connectivity index (χ2v) is 17.5. The lowest BCUT2D eigenvalue weighted by molar-refractivity contribution is 0.166. The molecule has 7 aromatic carbocycles. The molecule has 6 aliphatic rings. The molecule has 2 fully saturated rings. The monoisotopic (exact) mass is 743 g/mol. The molecule has 0 N–H and O–H groups in total. The molecule has 0 aliphatic heterocycles. The zero-order chi connectivity index (χ0) is 38.0. The Kier molecular flexibility index (Phi) is 6.90. The van der Waals surface area contributed by atoms with Gasteiger partial charge in [-0.3, -0.25) is 0 Å². The molecular formula is C55H41N3. The molecule has 1 spiro atoms. The highest BCUT2D eigenvalue weighted by Gasteiger charge is 2.53. The summed E-state index contributed by atoms with van der Waals surface area (Å²) in [5.41, 5.74) is 19.6. The van der Waals surface area contributed by atoms with Crippen LogP contribution in [-0.2, 0) is 5.41 Å². The molecule has 3 unspecified atom stereocenters. The standard InChI is InChI=1S/C55H41N3/c1-3-11-36(12-4-1)52-56-53(37-13-5-2-6-14-37)58-54(57-52)38-21-19-35(20-22-38)39-23-24-44-42-15-7-9-17-48(42)55(50(44)30-39)49-18-10-8-16-43(49)47-31-45-40-26-33-25-34(27-40)29-41(28-33)46(45)32-51(47)55/h1-24,30-34,40-41H,25-29H2. The Hall–Kier alpha value is -6.45. The van der Waals surface area contributed by atoms with Crippen LogP contribution in [-0.4, -0.2) is 15.0 Å². The Labute approximate surface area is 339 Å². The second-order valence-electron chi connectivity index (χ2n) is 17.5. The van der Waals surface area contributed by atoms with Crippen molar-refractivity contribution in [1.29, 1.82) is 0 Å². The third-order valence-electron chi connectivity index (χ3n) is 14.5. The van der Waals surface area contributed by atoms with Crippen molar-refractivity contribution in [3.8, 4) is 67.5 Å². The second kappa shape index (κ2) is 12.3. The molecule has 3 atom stereocenters. The van der Waals surface area contributed by atoms with Crippen LogP contribution >= 0.6 is 0 Å². The number of hydrogen-bond donors (Lipinski definition) is 0. The normalized spacial score (nSPS) is 22.6. The Bertz CT molecular complexity index is 2880. The van der Waals surface area contributed by atoms with Gasteiger partial charge in [0.2, 0.25) is 0 Å². The molecule has 8 aromatic rings. The molecule has 0 radical (unpaired) electrons. The summed E-state index contributed by atoms with van der Waals surface area (Å²) >= 11 is 0. The minimum absolute atomic E-state index is 0.362. The Balaban J connectivity index is 0.959. The van der Waals surface area contributed by atoms with Gasteiger partial charge in [0.05, 0.1) is 5.41 Å². The lowest BCUT2D eigenvalue weighted by atomic mass is 9.67. The fraction of sp³-hybridized carbons (Fsp3) is 0.182. The Morgan fingerprint density at radius 2 is 0.759 bits per heavy atom. The van der Waals surface area contributed by atoms with Crippen LogP contribution in [0.25, 0.3) is 67.5 Å². The number of hydrogen-bond acceptors (Lipinski definition) is 3. The predicted molar refractivity (Wildman–Crippen MR) is 233 cm³/mol. The summed E-state index contributed by atoms with van der Waals surface area (Å²) in [6.07, 6.45) is 6.97. The van der Waals surface area contributed by atoms with Crippen LogP contribution in [0.2, 0.25) is 0 Å². The summed E-state index contributed by atoms with van der Waals surface area (Å²) in [7, 11) is 0. The molecule has 58 heavy (non-hydrogen) atoms. The third kappa shape index (κ3) is 4.65. The van der Waals surface area contributed by atoms with Gasteiger partial charge in [-0.25, -0.2) is 15.0 Å². The van der Waals surface area contributed by atoms with E-state index in [0.29, 0.717) is 29.3 Å². The van der Waals surface area contributed by atoms with Gasteiger partial charge in [-0.15, -0.1) is 0 Å². The molecule has 276 valence electrons. The maximum absolute atomic E-state index is 5.00. The van der Waals surface area contributed by atoms with Crippen LogP contribution in [0.1, 0.15) is 77.3 Å². The van der Waals surface area contributed by atoms with Gasteiger partial charge in [-0.1, -0.05) is 158 Å². The lowest BCUT2D eigenvalue weighted by Gasteiger charge is -2.38. The molecule has 14 rings (SSSR count). The summed E-state index contributed by atoms with van der Waals surface area (Å²) in [6.45, 7) is 0. The van der Waals surface area contributed by atoms with E-state index in [2.05, 4.69) is 127 Å². The van der Waals surface area contributed by atoms with Gasteiger partial charge < -0.3 is 0 Å².